The zero-order valence-corrected chi connectivity index (χ0v) is 10.9. The van der Waals surface area contributed by atoms with Crippen molar-refractivity contribution < 1.29 is 0 Å². The number of nitrogens with zero attached hydrogens (tertiary/aromatic N) is 2. The molecule has 3 nitrogen and oxygen atoms in total. The maximum atomic E-state index is 6.19. The Balaban J connectivity index is 2.00. The maximum absolute atomic E-state index is 6.19. The third-order valence-corrected chi connectivity index (χ3v) is 3.92. The smallest absolute Gasteiger partial charge is 0.117 e. The summed E-state index contributed by atoms with van der Waals surface area (Å²) in [5.74, 6) is 0. The van der Waals surface area contributed by atoms with E-state index in [-0.39, 0.29) is 0 Å². The topological polar surface area (TPSA) is 43.8 Å². The first kappa shape index (κ1) is 11.6. The molecule has 1 saturated carbocycles. The van der Waals surface area contributed by atoms with E-state index in [2.05, 4.69) is 5.10 Å². The van der Waals surface area contributed by atoms with Crippen molar-refractivity contribution in [1.82, 2.24) is 9.78 Å². The molecule has 0 bridgehead atoms. The van der Waals surface area contributed by atoms with E-state index in [4.69, 9.17) is 17.3 Å². The summed E-state index contributed by atoms with van der Waals surface area (Å²) in [5.41, 5.74) is 8.48. The molecule has 1 fully saturated rings. The summed E-state index contributed by atoms with van der Waals surface area (Å²) in [6.45, 7) is 0. The number of benzene rings is 1. The predicted molar refractivity (Wildman–Crippen MR) is 74.6 cm³/mol. The third-order valence-electron chi connectivity index (χ3n) is 3.59. The van der Waals surface area contributed by atoms with Crippen molar-refractivity contribution >= 4 is 17.3 Å². The number of nitrogens with two attached hydrogens (primary N) is 1. The first-order valence-corrected chi connectivity index (χ1v) is 6.73. The molecule has 1 aliphatic carbocycles. The SMILES string of the molecule is Nc1cn(C2CCCC2)nc1-c1ccccc1Cl. The molecule has 1 heterocycles. The van der Waals surface area contributed by atoms with Crippen LogP contribution < -0.4 is 5.73 Å². The summed E-state index contributed by atoms with van der Waals surface area (Å²) in [7, 11) is 0. The van der Waals surface area contributed by atoms with E-state index < -0.39 is 0 Å². The first-order valence-electron chi connectivity index (χ1n) is 6.35. The maximum Gasteiger partial charge on any atom is 0.117 e. The van der Waals surface area contributed by atoms with Crippen LogP contribution in [-0.2, 0) is 0 Å². The second kappa shape index (κ2) is 4.65. The van der Waals surface area contributed by atoms with Gasteiger partial charge in [-0.1, -0.05) is 42.6 Å². The van der Waals surface area contributed by atoms with Crippen molar-refractivity contribution in [3.63, 3.8) is 0 Å². The van der Waals surface area contributed by atoms with Crippen LogP contribution in [0.15, 0.2) is 30.5 Å². The van der Waals surface area contributed by atoms with Crippen LogP contribution in [-0.4, -0.2) is 9.78 Å². The Morgan fingerprint density at radius 2 is 1.94 bits per heavy atom. The van der Waals surface area contributed by atoms with E-state index in [0.29, 0.717) is 16.8 Å². The molecular formula is C14H16ClN3. The van der Waals surface area contributed by atoms with Gasteiger partial charge in [-0.15, -0.1) is 0 Å². The van der Waals surface area contributed by atoms with Gasteiger partial charge in [-0.05, 0) is 18.9 Å². The van der Waals surface area contributed by atoms with Crippen LogP contribution in [0.25, 0.3) is 11.3 Å². The lowest BCUT2D eigenvalue weighted by Crippen LogP contribution is -2.04. The highest BCUT2D eigenvalue weighted by Crippen LogP contribution is 2.34. The predicted octanol–water partition coefficient (Wildman–Crippen LogP) is 3.90. The third kappa shape index (κ3) is 1.99. The number of aromatic nitrogens is 2. The molecule has 0 aliphatic heterocycles. The van der Waals surface area contributed by atoms with Crippen LogP contribution >= 0.6 is 11.6 Å². The summed E-state index contributed by atoms with van der Waals surface area (Å²) < 4.78 is 2.01. The van der Waals surface area contributed by atoms with E-state index in [1.54, 1.807) is 0 Å². The molecule has 2 N–H and O–H groups in total. The molecule has 2 aromatic rings. The van der Waals surface area contributed by atoms with Crippen molar-refractivity contribution in [1.29, 1.82) is 0 Å². The van der Waals surface area contributed by atoms with Gasteiger partial charge in [-0.25, -0.2) is 0 Å². The minimum atomic E-state index is 0.503. The molecule has 4 heteroatoms. The van der Waals surface area contributed by atoms with Gasteiger partial charge in [0.25, 0.3) is 0 Å². The number of nitrogen functional groups attached to an aromatic ring is 1. The Hall–Kier alpha value is -1.48. The van der Waals surface area contributed by atoms with Crippen molar-refractivity contribution in [2.45, 2.75) is 31.7 Å². The second-order valence-corrected chi connectivity index (χ2v) is 5.24. The van der Waals surface area contributed by atoms with Crippen LogP contribution in [0.1, 0.15) is 31.7 Å². The van der Waals surface area contributed by atoms with E-state index in [9.17, 15) is 0 Å². The van der Waals surface area contributed by atoms with Gasteiger partial charge in [0, 0.05) is 11.8 Å². The average Bonchev–Trinajstić information content (AvgIpc) is 2.99. The fourth-order valence-electron chi connectivity index (χ4n) is 2.62. The fraction of sp³-hybridized carbons (Fsp3) is 0.357. The summed E-state index contributed by atoms with van der Waals surface area (Å²) in [6, 6.07) is 8.19. The number of hydrogen-bond donors (Lipinski definition) is 1. The normalized spacial score (nSPS) is 16.3. The second-order valence-electron chi connectivity index (χ2n) is 4.83. The molecule has 18 heavy (non-hydrogen) atoms. The monoisotopic (exact) mass is 261 g/mol. The summed E-state index contributed by atoms with van der Waals surface area (Å²) in [5, 5.41) is 5.33. The van der Waals surface area contributed by atoms with Crippen molar-refractivity contribution in [3.05, 3.63) is 35.5 Å². The van der Waals surface area contributed by atoms with Gasteiger partial charge in [-0.2, -0.15) is 5.10 Å². The first-order chi connectivity index (χ1) is 8.75. The Bertz CT molecular complexity index is 556. The van der Waals surface area contributed by atoms with Gasteiger partial charge in [0.15, 0.2) is 0 Å². The summed E-state index contributed by atoms with van der Waals surface area (Å²) in [4.78, 5) is 0. The number of halogens is 1. The zero-order chi connectivity index (χ0) is 12.5. The zero-order valence-electron chi connectivity index (χ0n) is 10.1. The fourth-order valence-corrected chi connectivity index (χ4v) is 2.85. The lowest BCUT2D eigenvalue weighted by molar-refractivity contribution is 0.468. The molecule has 1 aromatic carbocycles. The summed E-state index contributed by atoms with van der Waals surface area (Å²) in [6.07, 6.45) is 6.90. The van der Waals surface area contributed by atoms with E-state index in [1.807, 2.05) is 35.1 Å². The quantitative estimate of drug-likeness (QED) is 0.891. The van der Waals surface area contributed by atoms with Crippen LogP contribution in [0.4, 0.5) is 5.69 Å². The Morgan fingerprint density at radius 3 is 2.67 bits per heavy atom. The molecule has 0 spiro atoms. The molecular weight excluding hydrogens is 246 g/mol. The highest BCUT2D eigenvalue weighted by Gasteiger charge is 2.20. The Labute approximate surface area is 112 Å². The minimum absolute atomic E-state index is 0.503. The summed E-state index contributed by atoms with van der Waals surface area (Å²) >= 11 is 6.19. The van der Waals surface area contributed by atoms with Gasteiger partial charge >= 0.3 is 0 Å². The van der Waals surface area contributed by atoms with Crippen LogP contribution in [0.2, 0.25) is 5.02 Å². The van der Waals surface area contributed by atoms with Gasteiger partial charge < -0.3 is 5.73 Å². The van der Waals surface area contributed by atoms with E-state index in [1.165, 1.54) is 25.7 Å². The van der Waals surface area contributed by atoms with Crippen molar-refractivity contribution in [2.75, 3.05) is 5.73 Å². The molecule has 0 saturated heterocycles. The largest absolute Gasteiger partial charge is 0.396 e. The standard InChI is InChI=1S/C14H16ClN3/c15-12-8-4-3-7-11(12)14-13(16)9-18(17-14)10-5-1-2-6-10/h3-4,7-10H,1-2,5-6,16H2. The lowest BCUT2D eigenvalue weighted by Gasteiger charge is -2.08. The Morgan fingerprint density at radius 1 is 1.22 bits per heavy atom. The lowest BCUT2D eigenvalue weighted by atomic mass is 10.1. The van der Waals surface area contributed by atoms with Gasteiger partial charge in [0.1, 0.15) is 5.69 Å². The highest BCUT2D eigenvalue weighted by atomic mass is 35.5. The van der Waals surface area contributed by atoms with Gasteiger partial charge in [0.2, 0.25) is 0 Å². The number of hydrogen-bond acceptors (Lipinski definition) is 2. The van der Waals surface area contributed by atoms with Crippen LogP contribution in [0.5, 0.6) is 0 Å². The van der Waals surface area contributed by atoms with Crippen molar-refractivity contribution in [3.8, 4) is 11.3 Å². The van der Waals surface area contributed by atoms with Gasteiger partial charge in [0.05, 0.1) is 16.8 Å². The van der Waals surface area contributed by atoms with Crippen molar-refractivity contribution in [2.24, 2.45) is 0 Å². The number of rotatable bonds is 2. The molecule has 1 aromatic heterocycles. The van der Waals surface area contributed by atoms with Crippen LogP contribution in [0.3, 0.4) is 0 Å². The van der Waals surface area contributed by atoms with E-state index in [0.717, 1.165) is 11.3 Å². The Kier molecular flexibility index (Phi) is 3.00. The molecule has 94 valence electrons. The van der Waals surface area contributed by atoms with Gasteiger partial charge in [-0.3, -0.25) is 4.68 Å². The van der Waals surface area contributed by atoms with Crippen LogP contribution in [0, 0.1) is 0 Å². The minimum Gasteiger partial charge on any atom is -0.396 e. The molecule has 0 atom stereocenters. The molecule has 0 unspecified atom stereocenters. The molecule has 3 rings (SSSR count). The molecule has 1 aliphatic rings. The molecule has 0 radical (unpaired) electrons. The number of anilines is 1. The highest BCUT2D eigenvalue weighted by molar-refractivity contribution is 6.33. The molecule has 0 amide bonds. The van der Waals surface area contributed by atoms with E-state index >= 15 is 0 Å². The average molecular weight is 262 g/mol.